The molecular formula is C12H17N3O4S. The van der Waals surface area contributed by atoms with Crippen molar-refractivity contribution in [3.8, 4) is 0 Å². The molecule has 1 aromatic rings. The summed E-state index contributed by atoms with van der Waals surface area (Å²) in [6.45, 7) is 4.94. The van der Waals surface area contributed by atoms with Gasteiger partial charge in [0.15, 0.2) is 5.13 Å². The SMILES string of the molecule is CC[C@H](C)[C@H](NC(=O)c1csc(NC(C)=O)n1)C(=O)O. The van der Waals surface area contributed by atoms with E-state index in [-0.39, 0.29) is 17.5 Å². The number of aliphatic carboxylic acids is 1. The van der Waals surface area contributed by atoms with Crippen molar-refractivity contribution in [3.63, 3.8) is 0 Å². The van der Waals surface area contributed by atoms with Crippen LogP contribution in [0.5, 0.6) is 0 Å². The van der Waals surface area contributed by atoms with Gasteiger partial charge in [-0.15, -0.1) is 11.3 Å². The number of carboxylic acids is 1. The van der Waals surface area contributed by atoms with Crippen molar-refractivity contribution in [2.75, 3.05) is 5.32 Å². The molecule has 8 heteroatoms. The Balaban J connectivity index is 2.76. The smallest absolute Gasteiger partial charge is 0.326 e. The van der Waals surface area contributed by atoms with Gasteiger partial charge < -0.3 is 15.7 Å². The molecule has 0 unspecified atom stereocenters. The van der Waals surface area contributed by atoms with Crippen LogP contribution in [0.25, 0.3) is 0 Å². The number of amides is 2. The Morgan fingerprint density at radius 2 is 2.10 bits per heavy atom. The van der Waals surface area contributed by atoms with Crippen LogP contribution in [0.15, 0.2) is 5.38 Å². The molecule has 20 heavy (non-hydrogen) atoms. The Kier molecular flexibility index (Phi) is 5.63. The highest BCUT2D eigenvalue weighted by atomic mass is 32.1. The van der Waals surface area contributed by atoms with E-state index < -0.39 is 17.9 Å². The van der Waals surface area contributed by atoms with E-state index in [1.54, 1.807) is 6.92 Å². The minimum Gasteiger partial charge on any atom is -0.480 e. The summed E-state index contributed by atoms with van der Waals surface area (Å²) in [5, 5.41) is 15.8. The lowest BCUT2D eigenvalue weighted by molar-refractivity contribution is -0.140. The summed E-state index contributed by atoms with van der Waals surface area (Å²) in [5.41, 5.74) is 0.0910. The van der Waals surface area contributed by atoms with Gasteiger partial charge in [0.1, 0.15) is 11.7 Å². The standard InChI is InChI=1S/C12H17N3O4S/c1-4-6(2)9(11(18)19)15-10(17)8-5-20-12(14-8)13-7(3)16/h5-6,9H,4H2,1-3H3,(H,15,17)(H,18,19)(H,13,14,16)/t6-,9-/m0/s1. The molecule has 2 amide bonds. The molecule has 0 aromatic carbocycles. The molecule has 0 fully saturated rings. The van der Waals surface area contributed by atoms with Crippen molar-refractivity contribution in [3.05, 3.63) is 11.1 Å². The Hall–Kier alpha value is -1.96. The largest absolute Gasteiger partial charge is 0.480 e. The first-order chi connectivity index (χ1) is 9.35. The molecule has 3 N–H and O–H groups in total. The van der Waals surface area contributed by atoms with Crippen LogP contribution < -0.4 is 10.6 Å². The van der Waals surface area contributed by atoms with Crippen molar-refractivity contribution >= 4 is 34.3 Å². The number of anilines is 1. The van der Waals surface area contributed by atoms with Crippen molar-refractivity contribution < 1.29 is 19.5 Å². The highest BCUT2D eigenvalue weighted by Crippen LogP contribution is 2.16. The van der Waals surface area contributed by atoms with Gasteiger partial charge in [0.2, 0.25) is 5.91 Å². The highest BCUT2D eigenvalue weighted by Gasteiger charge is 2.26. The van der Waals surface area contributed by atoms with Gasteiger partial charge in [0.05, 0.1) is 0 Å². The van der Waals surface area contributed by atoms with E-state index in [9.17, 15) is 14.4 Å². The van der Waals surface area contributed by atoms with Crippen LogP contribution in [0.3, 0.4) is 0 Å². The minimum atomic E-state index is -1.08. The number of nitrogens with zero attached hydrogens (tertiary/aromatic N) is 1. The second-order valence-corrected chi connectivity index (χ2v) is 5.25. The molecule has 110 valence electrons. The molecular weight excluding hydrogens is 282 g/mol. The zero-order valence-corrected chi connectivity index (χ0v) is 12.3. The molecule has 0 bridgehead atoms. The number of hydrogen-bond donors (Lipinski definition) is 3. The molecule has 0 aliphatic rings. The fourth-order valence-corrected chi connectivity index (χ4v) is 2.22. The third-order valence-corrected chi connectivity index (χ3v) is 3.54. The van der Waals surface area contributed by atoms with Crippen molar-refractivity contribution in [2.45, 2.75) is 33.2 Å². The number of rotatable bonds is 6. The first-order valence-electron chi connectivity index (χ1n) is 6.12. The first-order valence-corrected chi connectivity index (χ1v) is 6.99. The summed E-state index contributed by atoms with van der Waals surface area (Å²) in [4.78, 5) is 37.9. The van der Waals surface area contributed by atoms with Gasteiger partial charge in [-0.05, 0) is 5.92 Å². The molecule has 0 radical (unpaired) electrons. The topological polar surface area (TPSA) is 108 Å². The van der Waals surface area contributed by atoms with Gasteiger partial charge in [0, 0.05) is 12.3 Å². The van der Waals surface area contributed by atoms with Crippen LogP contribution in [0.1, 0.15) is 37.7 Å². The van der Waals surface area contributed by atoms with Crippen LogP contribution in [0.4, 0.5) is 5.13 Å². The minimum absolute atomic E-state index is 0.0910. The number of carbonyl (C=O) groups is 3. The van der Waals surface area contributed by atoms with Crippen molar-refractivity contribution in [1.29, 1.82) is 0 Å². The third kappa shape index (κ3) is 4.30. The number of nitrogens with one attached hydrogen (secondary N) is 2. The molecule has 2 atom stereocenters. The second kappa shape index (κ2) is 6.99. The Morgan fingerprint density at radius 1 is 1.45 bits per heavy atom. The number of carbonyl (C=O) groups excluding carboxylic acids is 2. The van der Waals surface area contributed by atoms with E-state index >= 15 is 0 Å². The lowest BCUT2D eigenvalue weighted by atomic mass is 9.99. The zero-order valence-electron chi connectivity index (χ0n) is 11.5. The van der Waals surface area contributed by atoms with Gasteiger partial charge in [-0.1, -0.05) is 20.3 Å². The molecule has 0 aliphatic heterocycles. The summed E-state index contributed by atoms with van der Waals surface area (Å²) in [7, 11) is 0. The van der Waals surface area contributed by atoms with E-state index in [1.807, 2.05) is 6.92 Å². The summed E-state index contributed by atoms with van der Waals surface area (Å²) in [6.07, 6.45) is 0.630. The van der Waals surface area contributed by atoms with Gasteiger partial charge in [-0.3, -0.25) is 9.59 Å². The Morgan fingerprint density at radius 3 is 2.60 bits per heavy atom. The predicted octanol–water partition coefficient (Wildman–Crippen LogP) is 1.33. The van der Waals surface area contributed by atoms with Gasteiger partial charge >= 0.3 is 5.97 Å². The normalized spacial score (nSPS) is 13.3. The molecule has 1 heterocycles. The van der Waals surface area contributed by atoms with Crippen molar-refractivity contribution in [1.82, 2.24) is 10.3 Å². The van der Waals surface area contributed by atoms with E-state index in [0.29, 0.717) is 11.6 Å². The van der Waals surface area contributed by atoms with Crippen LogP contribution in [0.2, 0.25) is 0 Å². The summed E-state index contributed by atoms with van der Waals surface area (Å²) in [6, 6.07) is -0.960. The van der Waals surface area contributed by atoms with E-state index in [4.69, 9.17) is 5.11 Å². The number of hydrogen-bond acceptors (Lipinski definition) is 5. The average molecular weight is 299 g/mol. The van der Waals surface area contributed by atoms with Crippen LogP contribution in [0, 0.1) is 5.92 Å². The Bertz CT molecular complexity index is 515. The second-order valence-electron chi connectivity index (χ2n) is 4.39. The van der Waals surface area contributed by atoms with Crippen LogP contribution in [-0.2, 0) is 9.59 Å². The highest BCUT2D eigenvalue weighted by molar-refractivity contribution is 7.14. The van der Waals surface area contributed by atoms with Gasteiger partial charge in [0.25, 0.3) is 5.91 Å². The average Bonchev–Trinajstić information content (AvgIpc) is 2.82. The monoisotopic (exact) mass is 299 g/mol. The zero-order chi connectivity index (χ0) is 15.3. The molecule has 1 aromatic heterocycles. The van der Waals surface area contributed by atoms with Crippen LogP contribution >= 0.6 is 11.3 Å². The molecule has 0 spiro atoms. The van der Waals surface area contributed by atoms with Gasteiger partial charge in [-0.2, -0.15) is 0 Å². The molecule has 1 rings (SSSR count). The Labute approximate surface area is 120 Å². The number of carboxylic acid groups (broad SMARTS) is 1. The van der Waals surface area contributed by atoms with Crippen LogP contribution in [-0.4, -0.2) is 33.9 Å². The maximum atomic E-state index is 11.9. The number of thiazole rings is 1. The lowest BCUT2D eigenvalue weighted by Crippen LogP contribution is -2.45. The van der Waals surface area contributed by atoms with Crippen molar-refractivity contribution in [2.24, 2.45) is 5.92 Å². The molecule has 7 nitrogen and oxygen atoms in total. The fourth-order valence-electron chi connectivity index (χ4n) is 1.48. The predicted molar refractivity (Wildman–Crippen MR) is 74.8 cm³/mol. The molecule has 0 aliphatic carbocycles. The van der Waals surface area contributed by atoms with E-state index in [2.05, 4.69) is 15.6 Å². The number of aromatic nitrogens is 1. The maximum absolute atomic E-state index is 11.9. The van der Waals surface area contributed by atoms with E-state index in [0.717, 1.165) is 11.3 Å². The lowest BCUT2D eigenvalue weighted by Gasteiger charge is -2.19. The summed E-state index contributed by atoms with van der Waals surface area (Å²) in [5.74, 6) is -2.12. The molecule has 0 saturated heterocycles. The summed E-state index contributed by atoms with van der Waals surface area (Å²) < 4.78 is 0. The summed E-state index contributed by atoms with van der Waals surface area (Å²) >= 11 is 1.10. The molecule has 0 saturated carbocycles. The van der Waals surface area contributed by atoms with Gasteiger partial charge in [-0.25, -0.2) is 9.78 Å². The van der Waals surface area contributed by atoms with E-state index in [1.165, 1.54) is 12.3 Å². The fraction of sp³-hybridized carbons (Fsp3) is 0.500. The third-order valence-electron chi connectivity index (χ3n) is 2.79. The first kappa shape index (κ1) is 16.1. The maximum Gasteiger partial charge on any atom is 0.326 e. The quantitative estimate of drug-likeness (QED) is 0.734.